The molecule has 0 unspecified atom stereocenters. The molecule has 2 aromatic rings. The van der Waals surface area contributed by atoms with E-state index in [-0.39, 0.29) is 11.8 Å². The number of aromatic nitrogens is 1. The van der Waals surface area contributed by atoms with Crippen LogP contribution in [-0.4, -0.2) is 59.3 Å². The molecular formula is C26H34N4O2S. The van der Waals surface area contributed by atoms with Gasteiger partial charge in [0.05, 0.1) is 11.6 Å². The van der Waals surface area contributed by atoms with Crippen molar-refractivity contribution in [2.75, 3.05) is 38.0 Å². The number of hydrogen-bond acceptors (Lipinski definition) is 5. The minimum atomic E-state index is -0.00876. The van der Waals surface area contributed by atoms with Gasteiger partial charge in [-0.1, -0.05) is 43.9 Å². The summed E-state index contributed by atoms with van der Waals surface area (Å²) in [6.07, 6.45) is 8.76. The Morgan fingerprint density at radius 3 is 2.61 bits per heavy atom. The number of hydrogen-bond donors (Lipinski definition) is 1. The molecule has 1 aromatic carbocycles. The van der Waals surface area contributed by atoms with Crippen molar-refractivity contribution in [3.63, 3.8) is 0 Å². The molecule has 1 saturated carbocycles. The second-order valence-electron chi connectivity index (χ2n) is 9.05. The van der Waals surface area contributed by atoms with Gasteiger partial charge in [-0.15, -0.1) is 11.8 Å². The molecular weight excluding hydrogens is 432 g/mol. The van der Waals surface area contributed by atoms with E-state index in [4.69, 9.17) is 0 Å². The smallest absolute Gasteiger partial charge is 0.238 e. The van der Waals surface area contributed by atoms with Crippen LogP contribution in [0.1, 0.15) is 44.1 Å². The SMILES string of the molecule is O=C(CN1CCN(C(=O)CCC2CCCC2)CC1)Nc1cccc(CSc2ccccn2)c1. The van der Waals surface area contributed by atoms with E-state index in [1.165, 1.54) is 25.7 Å². The van der Waals surface area contributed by atoms with Crippen molar-refractivity contribution in [3.8, 4) is 0 Å². The van der Waals surface area contributed by atoms with E-state index in [1.807, 2.05) is 41.3 Å². The number of anilines is 1. The Labute approximate surface area is 201 Å². The van der Waals surface area contributed by atoms with Crippen molar-refractivity contribution in [2.24, 2.45) is 5.92 Å². The first-order valence-corrected chi connectivity index (χ1v) is 13.1. The minimum Gasteiger partial charge on any atom is -0.340 e. The summed E-state index contributed by atoms with van der Waals surface area (Å²) in [4.78, 5) is 33.6. The molecule has 2 heterocycles. The zero-order valence-corrected chi connectivity index (χ0v) is 20.1. The molecule has 1 N–H and O–H groups in total. The summed E-state index contributed by atoms with van der Waals surface area (Å²) in [7, 11) is 0. The zero-order valence-electron chi connectivity index (χ0n) is 19.2. The van der Waals surface area contributed by atoms with Gasteiger partial charge in [0.1, 0.15) is 0 Å². The molecule has 33 heavy (non-hydrogen) atoms. The van der Waals surface area contributed by atoms with Gasteiger partial charge in [-0.25, -0.2) is 4.98 Å². The van der Waals surface area contributed by atoms with E-state index < -0.39 is 0 Å². The summed E-state index contributed by atoms with van der Waals surface area (Å²) in [6, 6.07) is 13.9. The lowest BCUT2D eigenvalue weighted by Gasteiger charge is -2.34. The monoisotopic (exact) mass is 466 g/mol. The van der Waals surface area contributed by atoms with Gasteiger partial charge in [-0.05, 0) is 42.2 Å². The van der Waals surface area contributed by atoms with Crippen LogP contribution in [0.5, 0.6) is 0 Å². The summed E-state index contributed by atoms with van der Waals surface area (Å²) >= 11 is 1.68. The number of carbonyl (C=O) groups excluding carboxylic acids is 2. The number of pyridine rings is 1. The van der Waals surface area contributed by atoms with Crippen molar-refractivity contribution >= 4 is 29.3 Å². The molecule has 7 heteroatoms. The quantitative estimate of drug-likeness (QED) is 0.554. The molecule has 2 amide bonds. The number of thioether (sulfide) groups is 1. The van der Waals surface area contributed by atoms with Crippen molar-refractivity contribution in [1.29, 1.82) is 0 Å². The van der Waals surface area contributed by atoms with E-state index in [9.17, 15) is 9.59 Å². The first kappa shape index (κ1) is 23.8. The van der Waals surface area contributed by atoms with Crippen LogP contribution in [0, 0.1) is 5.92 Å². The second-order valence-corrected chi connectivity index (χ2v) is 10.0. The fraction of sp³-hybridized carbons (Fsp3) is 0.500. The summed E-state index contributed by atoms with van der Waals surface area (Å²) in [6.45, 7) is 3.30. The number of nitrogens with one attached hydrogen (secondary N) is 1. The number of carbonyl (C=O) groups is 2. The average Bonchev–Trinajstić information content (AvgIpc) is 3.36. The Morgan fingerprint density at radius 1 is 1.03 bits per heavy atom. The third-order valence-electron chi connectivity index (χ3n) is 6.57. The minimum absolute atomic E-state index is 0.00876. The van der Waals surface area contributed by atoms with Crippen LogP contribution in [0.15, 0.2) is 53.7 Å². The van der Waals surface area contributed by atoms with Crippen LogP contribution in [0.4, 0.5) is 5.69 Å². The number of rotatable bonds is 9. The second kappa shape index (κ2) is 12.2. The molecule has 0 atom stereocenters. The highest BCUT2D eigenvalue weighted by Gasteiger charge is 2.23. The molecule has 1 saturated heterocycles. The van der Waals surface area contributed by atoms with Crippen molar-refractivity contribution in [3.05, 3.63) is 54.2 Å². The van der Waals surface area contributed by atoms with Crippen LogP contribution >= 0.6 is 11.8 Å². The number of amides is 2. The van der Waals surface area contributed by atoms with Crippen LogP contribution < -0.4 is 5.32 Å². The Balaban J connectivity index is 1.17. The van der Waals surface area contributed by atoms with Crippen molar-refractivity contribution in [2.45, 2.75) is 49.3 Å². The first-order chi connectivity index (χ1) is 16.2. The number of piperazine rings is 1. The first-order valence-electron chi connectivity index (χ1n) is 12.1. The molecule has 176 valence electrons. The van der Waals surface area contributed by atoms with Crippen molar-refractivity contribution in [1.82, 2.24) is 14.8 Å². The van der Waals surface area contributed by atoms with Crippen LogP contribution in [0.3, 0.4) is 0 Å². The molecule has 0 spiro atoms. The molecule has 0 bridgehead atoms. The molecule has 1 aromatic heterocycles. The fourth-order valence-corrected chi connectivity index (χ4v) is 5.48. The normalized spacial score (nSPS) is 17.3. The Kier molecular flexibility index (Phi) is 8.78. The number of nitrogens with zero attached hydrogens (tertiary/aromatic N) is 3. The van der Waals surface area contributed by atoms with E-state index in [0.29, 0.717) is 13.0 Å². The average molecular weight is 467 g/mol. The van der Waals surface area contributed by atoms with Gasteiger partial charge in [0, 0.05) is 50.2 Å². The van der Waals surface area contributed by atoms with Crippen molar-refractivity contribution < 1.29 is 9.59 Å². The molecule has 4 rings (SSSR count). The predicted octanol–water partition coefficient (Wildman–Crippen LogP) is 4.43. The standard InChI is InChI=1S/C26H34N4O2S/c31-24(28-23-9-5-8-22(18-23)20-33-25-10-3-4-13-27-25)19-29-14-16-30(17-15-29)26(32)12-11-21-6-1-2-7-21/h3-5,8-10,13,18,21H,1-2,6-7,11-12,14-17,19-20H2,(H,28,31). The highest BCUT2D eigenvalue weighted by molar-refractivity contribution is 7.98. The summed E-state index contributed by atoms with van der Waals surface area (Å²) in [5.74, 6) is 1.83. The van der Waals surface area contributed by atoms with Gasteiger partial charge in [-0.3, -0.25) is 14.5 Å². The van der Waals surface area contributed by atoms with E-state index in [2.05, 4.69) is 21.3 Å². The van der Waals surface area contributed by atoms with Crippen LogP contribution in [0.2, 0.25) is 0 Å². The summed E-state index contributed by atoms with van der Waals surface area (Å²) in [5, 5.41) is 4.02. The highest BCUT2D eigenvalue weighted by atomic mass is 32.2. The fourth-order valence-electron chi connectivity index (χ4n) is 4.67. The lowest BCUT2D eigenvalue weighted by Crippen LogP contribution is -2.50. The van der Waals surface area contributed by atoms with Crippen LogP contribution in [-0.2, 0) is 15.3 Å². The Morgan fingerprint density at radius 2 is 1.85 bits per heavy atom. The lowest BCUT2D eigenvalue weighted by molar-refractivity contribution is -0.133. The van der Waals surface area contributed by atoms with E-state index in [1.54, 1.807) is 18.0 Å². The molecule has 1 aliphatic heterocycles. The van der Waals surface area contributed by atoms with Gasteiger partial charge in [0.15, 0.2) is 0 Å². The van der Waals surface area contributed by atoms with E-state index in [0.717, 1.165) is 60.5 Å². The van der Waals surface area contributed by atoms with Gasteiger partial charge in [-0.2, -0.15) is 0 Å². The molecule has 1 aliphatic carbocycles. The Hall–Kier alpha value is -2.38. The highest BCUT2D eigenvalue weighted by Crippen LogP contribution is 2.28. The molecule has 0 radical (unpaired) electrons. The van der Waals surface area contributed by atoms with Crippen LogP contribution in [0.25, 0.3) is 0 Å². The predicted molar refractivity (Wildman–Crippen MR) is 133 cm³/mol. The third kappa shape index (κ3) is 7.57. The molecule has 6 nitrogen and oxygen atoms in total. The zero-order chi connectivity index (χ0) is 22.9. The van der Waals surface area contributed by atoms with Gasteiger partial charge < -0.3 is 10.2 Å². The lowest BCUT2D eigenvalue weighted by atomic mass is 10.0. The third-order valence-corrected chi connectivity index (χ3v) is 7.58. The number of benzene rings is 1. The molecule has 2 fully saturated rings. The maximum Gasteiger partial charge on any atom is 0.238 e. The largest absolute Gasteiger partial charge is 0.340 e. The summed E-state index contributed by atoms with van der Waals surface area (Å²) in [5.41, 5.74) is 1.97. The molecule has 2 aliphatic rings. The maximum atomic E-state index is 12.6. The van der Waals surface area contributed by atoms with Gasteiger partial charge in [0.2, 0.25) is 11.8 Å². The maximum absolute atomic E-state index is 12.6. The topological polar surface area (TPSA) is 65.5 Å². The summed E-state index contributed by atoms with van der Waals surface area (Å²) < 4.78 is 0. The van der Waals surface area contributed by atoms with Gasteiger partial charge in [0.25, 0.3) is 0 Å². The van der Waals surface area contributed by atoms with Gasteiger partial charge >= 0.3 is 0 Å². The van der Waals surface area contributed by atoms with E-state index >= 15 is 0 Å². The Bertz CT molecular complexity index is 910.